The molecule has 1 amide bonds. The molecular weight excluding hydrogens is 365 g/mol. The number of nitrogens with zero attached hydrogens (tertiary/aromatic N) is 2. The molecule has 0 aliphatic carbocycles. The van der Waals surface area contributed by atoms with E-state index < -0.39 is 0 Å². The van der Waals surface area contributed by atoms with E-state index in [1.807, 2.05) is 37.3 Å². The number of carbonyl (C=O) groups excluding carboxylic acids is 1. The Labute approximate surface area is 155 Å². The minimum Gasteiger partial charge on any atom is -0.331 e. The SMILES string of the molecule is CC1CN(C(=S)Nc2cc(Cl)cc(Cl)c2)N(c2ccccc2)C1=O. The van der Waals surface area contributed by atoms with Crippen LogP contribution in [0, 0.1) is 5.92 Å². The molecule has 1 atom stereocenters. The number of halogens is 2. The van der Waals surface area contributed by atoms with E-state index in [0.717, 1.165) is 5.69 Å². The van der Waals surface area contributed by atoms with Gasteiger partial charge < -0.3 is 5.32 Å². The fourth-order valence-corrected chi connectivity index (χ4v) is 3.37. The topological polar surface area (TPSA) is 35.6 Å². The van der Waals surface area contributed by atoms with Crippen LogP contribution in [-0.2, 0) is 4.79 Å². The third-order valence-electron chi connectivity index (χ3n) is 3.67. The molecule has 1 aliphatic rings. The van der Waals surface area contributed by atoms with Crippen molar-refractivity contribution in [2.75, 3.05) is 16.9 Å². The highest BCUT2D eigenvalue weighted by Crippen LogP contribution is 2.27. The smallest absolute Gasteiger partial charge is 0.250 e. The van der Waals surface area contributed by atoms with E-state index in [0.29, 0.717) is 27.4 Å². The zero-order chi connectivity index (χ0) is 17.3. The summed E-state index contributed by atoms with van der Waals surface area (Å²) >= 11 is 17.5. The molecule has 1 heterocycles. The number of hydrazine groups is 1. The van der Waals surface area contributed by atoms with Gasteiger partial charge in [0.05, 0.1) is 18.2 Å². The summed E-state index contributed by atoms with van der Waals surface area (Å²) in [5.74, 6) is -0.137. The Morgan fingerprint density at radius 3 is 2.42 bits per heavy atom. The van der Waals surface area contributed by atoms with Crippen LogP contribution in [0.15, 0.2) is 48.5 Å². The number of para-hydroxylation sites is 1. The largest absolute Gasteiger partial charge is 0.331 e. The van der Waals surface area contributed by atoms with Crippen LogP contribution in [0.3, 0.4) is 0 Å². The van der Waals surface area contributed by atoms with Crippen molar-refractivity contribution in [3.8, 4) is 0 Å². The number of hydrogen-bond acceptors (Lipinski definition) is 2. The first-order valence-corrected chi connectivity index (χ1v) is 8.55. The van der Waals surface area contributed by atoms with E-state index in [1.54, 1.807) is 28.2 Å². The molecule has 1 unspecified atom stereocenters. The molecule has 0 spiro atoms. The Morgan fingerprint density at radius 2 is 1.79 bits per heavy atom. The maximum Gasteiger partial charge on any atom is 0.250 e. The lowest BCUT2D eigenvalue weighted by Gasteiger charge is -2.30. The van der Waals surface area contributed by atoms with E-state index in [2.05, 4.69) is 5.32 Å². The normalized spacial score (nSPS) is 17.3. The van der Waals surface area contributed by atoms with Crippen molar-refractivity contribution in [3.63, 3.8) is 0 Å². The van der Waals surface area contributed by atoms with E-state index in [1.165, 1.54) is 0 Å². The summed E-state index contributed by atoms with van der Waals surface area (Å²) in [6.07, 6.45) is 0. The van der Waals surface area contributed by atoms with Crippen molar-refractivity contribution < 1.29 is 4.79 Å². The molecule has 7 heteroatoms. The van der Waals surface area contributed by atoms with Crippen molar-refractivity contribution in [2.45, 2.75) is 6.92 Å². The Morgan fingerprint density at radius 1 is 1.17 bits per heavy atom. The molecule has 1 saturated heterocycles. The van der Waals surface area contributed by atoms with E-state index in [-0.39, 0.29) is 11.8 Å². The monoisotopic (exact) mass is 379 g/mol. The molecule has 0 saturated carbocycles. The van der Waals surface area contributed by atoms with Gasteiger partial charge in [-0.3, -0.25) is 9.80 Å². The zero-order valence-corrected chi connectivity index (χ0v) is 15.2. The van der Waals surface area contributed by atoms with Crippen molar-refractivity contribution >= 4 is 57.8 Å². The van der Waals surface area contributed by atoms with Gasteiger partial charge >= 0.3 is 0 Å². The van der Waals surface area contributed by atoms with E-state index in [9.17, 15) is 4.79 Å². The molecule has 1 aliphatic heterocycles. The number of rotatable bonds is 2. The van der Waals surface area contributed by atoms with Gasteiger partial charge in [0.15, 0.2) is 5.11 Å². The standard InChI is InChI=1S/C17H15Cl2N3OS/c1-11-10-21(22(16(11)23)15-5-3-2-4-6-15)17(24)20-14-8-12(18)7-13(19)9-14/h2-9,11H,10H2,1H3,(H,20,24). The van der Waals surface area contributed by atoms with E-state index >= 15 is 0 Å². The molecule has 1 N–H and O–H groups in total. The Kier molecular flexibility index (Phi) is 4.94. The summed E-state index contributed by atoms with van der Waals surface area (Å²) in [5.41, 5.74) is 1.46. The lowest BCUT2D eigenvalue weighted by Crippen LogP contribution is -2.45. The number of amides is 1. The van der Waals surface area contributed by atoms with Gasteiger partial charge in [-0.25, -0.2) is 5.01 Å². The van der Waals surface area contributed by atoms with Crippen LogP contribution in [0.4, 0.5) is 11.4 Å². The first-order valence-electron chi connectivity index (χ1n) is 7.39. The number of nitrogens with one attached hydrogen (secondary N) is 1. The molecule has 124 valence electrons. The summed E-state index contributed by atoms with van der Waals surface area (Å²) in [4.78, 5) is 12.5. The number of benzene rings is 2. The quantitative estimate of drug-likeness (QED) is 0.773. The average molecular weight is 380 g/mol. The predicted molar refractivity (Wildman–Crippen MR) is 102 cm³/mol. The van der Waals surface area contributed by atoms with Gasteiger partial charge in [-0.1, -0.05) is 48.3 Å². The molecular formula is C17H15Cl2N3OS. The second-order valence-electron chi connectivity index (χ2n) is 5.56. The molecule has 4 nitrogen and oxygen atoms in total. The van der Waals surface area contributed by atoms with Crippen LogP contribution >= 0.6 is 35.4 Å². The third kappa shape index (κ3) is 3.48. The fourth-order valence-electron chi connectivity index (χ4n) is 2.57. The Bertz CT molecular complexity index is 764. The highest BCUT2D eigenvalue weighted by molar-refractivity contribution is 7.80. The van der Waals surface area contributed by atoms with Gasteiger partial charge in [0, 0.05) is 15.7 Å². The molecule has 0 aromatic heterocycles. The number of hydrogen-bond donors (Lipinski definition) is 1. The maximum absolute atomic E-state index is 12.5. The van der Waals surface area contributed by atoms with E-state index in [4.69, 9.17) is 35.4 Å². The molecule has 2 aromatic rings. The van der Waals surface area contributed by atoms with Gasteiger partial charge in [0.1, 0.15) is 0 Å². The van der Waals surface area contributed by atoms with Crippen LogP contribution in [0.1, 0.15) is 6.92 Å². The highest BCUT2D eigenvalue weighted by Gasteiger charge is 2.37. The third-order valence-corrected chi connectivity index (χ3v) is 4.42. The number of thiocarbonyl (C=S) groups is 1. The van der Waals surface area contributed by atoms with Gasteiger partial charge in [0.25, 0.3) is 5.91 Å². The van der Waals surface area contributed by atoms with Crippen molar-refractivity contribution in [3.05, 3.63) is 58.6 Å². The van der Waals surface area contributed by atoms with Crippen LogP contribution in [0.2, 0.25) is 10.0 Å². The van der Waals surface area contributed by atoms with Crippen molar-refractivity contribution in [1.29, 1.82) is 0 Å². The molecule has 2 aromatic carbocycles. The summed E-state index contributed by atoms with van der Waals surface area (Å²) in [6.45, 7) is 2.39. The highest BCUT2D eigenvalue weighted by atomic mass is 35.5. The lowest BCUT2D eigenvalue weighted by molar-refractivity contribution is -0.120. The Balaban J connectivity index is 1.86. The minimum absolute atomic E-state index is 0.00877. The summed E-state index contributed by atoms with van der Waals surface area (Å²) in [7, 11) is 0. The van der Waals surface area contributed by atoms with Crippen LogP contribution in [0.5, 0.6) is 0 Å². The minimum atomic E-state index is -0.145. The molecule has 0 bridgehead atoms. The lowest BCUT2D eigenvalue weighted by atomic mass is 10.2. The zero-order valence-electron chi connectivity index (χ0n) is 12.9. The van der Waals surface area contributed by atoms with Gasteiger partial charge in [-0.05, 0) is 42.5 Å². The Hall–Kier alpha value is -1.82. The first kappa shape index (κ1) is 17.0. The van der Waals surface area contributed by atoms with Crippen LogP contribution in [-0.4, -0.2) is 22.6 Å². The maximum atomic E-state index is 12.5. The van der Waals surface area contributed by atoms with Crippen molar-refractivity contribution in [1.82, 2.24) is 5.01 Å². The predicted octanol–water partition coefficient (Wildman–Crippen LogP) is 4.59. The van der Waals surface area contributed by atoms with Crippen LogP contribution < -0.4 is 10.3 Å². The average Bonchev–Trinajstić information content (AvgIpc) is 2.83. The summed E-state index contributed by atoms with van der Waals surface area (Å²) in [5, 5.41) is 7.90. The van der Waals surface area contributed by atoms with Gasteiger partial charge in [0.2, 0.25) is 0 Å². The molecule has 0 radical (unpaired) electrons. The first-order chi connectivity index (χ1) is 11.5. The number of carbonyl (C=O) groups is 1. The second-order valence-corrected chi connectivity index (χ2v) is 6.82. The van der Waals surface area contributed by atoms with Crippen molar-refractivity contribution in [2.24, 2.45) is 5.92 Å². The van der Waals surface area contributed by atoms with Crippen LogP contribution in [0.25, 0.3) is 0 Å². The van der Waals surface area contributed by atoms with Gasteiger partial charge in [-0.15, -0.1) is 0 Å². The molecule has 3 rings (SSSR count). The molecule has 1 fully saturated rings. The number of anilines is 2. The van der Waals surface area contributed by atoms with Gasteiger partial charge in [-0.2, -0.15) is 0 Å². The summed E-state index contributed by atoms with van der Waals surface area (Å²) in [6, 6.07) is 14.5. The molecule has 24 heavy (non-hydrogen) atoms. The fraction of sp³-hybridized carbons (Fsp3) is 0.176. The second kappa shape index (κ2) is 6.97. The summed E-state index contributed by atoms with van der Waals surface area (Å²) < 4.78 is 0.